The van der Waals surface area contributed by atoms with Crippen LogP contribution in [0.1, 0.15) is 18.1 Å². The van der Waals surface area contributed by atoms with Crippen molar-refractivity contribution >= 4 is 10.0 Å². The van der Waals surface area contributed by atoms with Crippen molar-refractivity contribution in [2.45, 2.75) is 25.3 Å². The van der Waals surface area contributed by atoms with E-state index in [1.165, 1.54) is 6.07 Å². The normalized spacial score (nSPS) is 11.2. The monoisotopic (exact) mass is 365 g/mol. The van der Waals surface area contributed by atoms with E-state index in [4.69, 9.17) is 14.2 Å². The predicted octanol–water partition coefficient (Wildman–Crippen LogP) is 2.89. The van der Waals surface area contributed by atoms with Gasteiger partial charge in [-0.05, 0) is 55.3 Å². The molecular weight excluding hydrogens is 342 g/mol. The second-order valence-electron chi connectivity index (χ2n) is 5.37. The molecule has 7 heteroatoms. The molecule has 0 amide bonds. The van der Waals surface area contributed by atoms with E-state index in [1.807, 2.05) is 6.92 Å². The fourth-order valence-electron chi connectivity index (χ4n) is 2.38. The van der Waals surface area contributed by atoms with E-state index in [0.29, 0.717) is 23.9 Å². The Balaban J connectivity index is 2.16. The second kappa shape index (κ2) is 8.22. The van der Waals surface area contributed by atoms with Crippen LogP contribution >= 0.6 is 0 Å². The van der Waals surface area contributed by atoms with Crippen LogP contribution in [0.3, 0.4) is 0 Å². The first-order chi connectivity index (χ1) is 11.9. The highest BCUT2D eigenvalue weighted by Gasteiger charge is 2.16. The molecule has 0 atom stereocenters. The summed E-state index contributed by atoms with van der Waals surface area (Å²) < 4.78 is 43.5. The van der Waals surface area contributed by atoms with Crippen molar-refractivity contribution in [1.82, 2.24) is 4.72 Å². The van der Waals surface area contributed by atoms with Gasteiger partial charge >= 0.3 is 0 Å². The smallest absolute Gasteiger partial charge is 0.240 e. The molecule has 0 spiro atoms. The zero-order valence-electron chi connectivity index (χ0n) is 14.8. The van der Waals surface area contributed by atoms with Crippen molar-refractivity contribution in [2.75, 3.05) is 20.8 Å². The van der Waals surface area contributed by atoms with Gasteiger partial charge in [-0.1, -0.05) is 6.07 Å². The summed E-state index contributed by atoms with van der Waals surface area (Å²) >= 11 is 0. The van der Waals surface area contributed by atoms with E-state index in [2.05, 4.69) is 4.72 Å². The van der Waals surface area contributed by atoms with Crippen molar-refractivity contribution in [3.05, 3.63) is 47.5 Å². The maximum atomic E-state index is 12.5. The number of aryl methyl sites for hydroxylation is 1. The van der Waals surface area contributed by atoms with Crippen molar-refractivity contribution in [1.29, 1.82) is 0 Å². The number of rotatable bonds is 8. The zero-order chi connectivity index (χ0) is 18.4. The molecule has 0 radical (unpaired) electrons. The van der Waals surface area contributed by atoms with Gasteiger partial charge in [-0.3, -0.25) is 0 Å². The Bertz CT molecular complexity index is 833. The summed E-state index contributed by atoms with van der Waals surface area (Å²) in [5.41, 5.74) is 1.53. The summed E-state index contributed by atoms with van der Waals surface area (Å²) in [6.07, 6.45) is 0. The molecule has 0 fully saturated rings. The molecule has 0 aliphatic heterocycles. The van der Waals surface area contributed by atoms with Gasteiger partial charge in [0, 0.05) is 6.54 Å². The maximum Gasteiger partial charge on any atom is 0.240 e. The molecule has 0 bridgehead atoms. The van der Waals surface area contributed by atoms with Gasteiger partial charge in [0.15, 0.2) is 11.5 Å². The lowest BCUT2D eigenvalue weighted by atomic mass is 10.2. The Morgan fingerprint density at radius 2 is 1.64 bits per heavy atom. The lowest BCUT2D eigenvalue weighted by molar-refractivity contribution is 0.310. The molecular formula is C18H23NO5S. The first kappa shape index (κ1) is 19.1. The third-order valence-electron chi connectivity index (χ3n) is 3.67. The third-order valence-corrected chi connectivity index (χ3v) is 5.07. The molecule has 6 nitrogen and oxygen atoms in total. The summed E-state index contributed by atoms with van der Waals surface area (Å²) in [4.78, 5) is 0.198. The second-order valence-corrected chi connectivity index (χ2v) is 7.14. The minimum absolute atomic E-state index is 0.150. The van der Waals surface area contributed by atoms with Gasteiger partial charge < -0.3 is 14.2 Å². The summed E-state index contributed by atoms with van der Waals surface area (Å²) in [5.74, 6) is 1.84. The number of hydrogen-bond acceptors (Lipinski definition) is 5. The van der Waals surface area contributed by atoms with Crippen molar-refractivity contribution < 1.29 is 22.6 Å². The average molecular weight is 365 g/mol. The van der Waals surface area contributed by atoms with Crippen LogP contribution in [-0.4, -0.2) is 29.2 Å². The molecule has 0 saturated heterocycles. The van der Waals surface area contributed by atoms with E-state index in [9.17, 15) is 8.42 Å². The molecule has 2 rings (SSSR count). The SMILES string of the molecule is CCOc1cc(CNS(=O)(=O)c2ccc(OC)c(C)c2)ccc1OC. The fourth-order valence-corrected chi connectivity index (χ4v) is 3.48. The van der Waals surface area contributed by atoms with Crippen LogP contribution in [0.4, 0.5) is 0 Å². The van der Waals surface area contributed by atoms with E-state index in [-0.39, 0.29) is 11.4 Å². The molecule has 2 aromatic rings. The molecule has 0 unspecified atom stereocenters. The minimum Gasteiger partial charge on any atom is -0.496 e. The lowest BCUT2D eigenvalue weighted by Crippen LogP contribution is -2.23. The van der Waals surface area contributed by atoms with E-state index in [1.54, 1.807) is 51.5 Å². The quantitative estimate of drug-likeness (QED) is 0.779. The van der Waals surface area contributed by atoms with Crippen LogP contribution in [0.2, 0.25) is 0 Å². The Morgan fingerprint density at radius 3 is 2.24 bits per heavy atom. The molecule has 0 heterocycles. The number of sulfonamides is 1. The maximum absolute atomic E-state index is 12.5. The summed E-state index contributed by atoms with van der Waals surface area (Å²) in [5, 5.41) is 0. The molecule has 0 aliphatic rings. The van der Waals surface area contributed by atoms with Gasteiger partial charge in [0.05, 0.1) is 25.7 Å². The Labute approximate surface area is 148 Å². The van der Waals surface area contributed by atoms with Crippen LogP contribution in [0.15, 0.2) is 41.3 Å². The van der Waals surface area contributed by atoms with Crippen molar-refractivity contribution in [3.63, 3.8) is 0 Å². The summed E-state index contributed by atoms with van der Waals surface area (Å²) in [7, 11) is -0.513. The first-order valence-electron chi connectivity index (χ1n) is 7.85. The van der Waals surface area contributed by atoms with Gasteiger partial charge in [0.25, 0.3) is 0 Å². The van der Waals surface area contributed by atoms with Crippen LogP contribution in [0.5, 0.6) is 17.2 Å². The van der Waals surface area contributed by atoms with Gasteiger partial charge in [-0.25, -0.2) is 13.1 Å². The van der Waals surface area contributed by atoms with Crippen LogP contribution in [0, 0.1) is 6.92 Å². The zero-order valence-corrected chi connectivity index (χ0v) is 15.6. The average Bonchev–Trinajstić information content (AvgIpc) is 2.60. The number of benzene rings is 2. The van der Waals surface area contributed by atoms with E-state index >= 15 is 0 Å². The Morgan fingerprint density at radius 1 is 0.960 bits per heavy atom. The highest BCUT2D eigenvalue weighted by atomic mass is 32.2. The van der Waals surface area contributed by atoms with Crippen LogP contribution in [0.25, 0.3) is 0 Å². The third kappa shape index (κ3) is 4.64. The molecule has 2 aromatic carbocycles. The number of hydrogen-bond donors (Lipinski definition) is 1. The van der Waals surface area contributed by atoms with Gasteiger partial charge in [0.1, 0.15) is 5.75 Å². The van der Waals surface area contributed by atoms with E-state index in [0.717, 1.165) is 11.1 Å². The lowest BCUT2D eigenvalue weighted by Gasteiger charge is -2.12. The van der Waals surface area contributed by atoms with Crippen LogP contribution < -0.4 is 18.9 Å². The highest BCUT2D eigenvalue weighted by Crippen LogP contribution is 2.28. The standard InChI is InChI=1S/C18H23NO5S/c1-5-24-18-11-14(6-8-17(18)23-4)12-19-25(20,21)15-7-9-16(22-3)13(2)10-15/h6-11,19H,5,12H2,1-4H3. The molecule has 1 N–H and O–H groups in total. The predicted molar refractivity (Wildman–Crippen MR) is 95.9 cm³/mol. The number of methoxy groups -OCH3 is 2. The van der Waals surface area contributed by atoms with E-state index < -0.39 is 10.0 Å². The highest BCUT2D eigenvalue weighted by molar-refractivity contribution is 7.89. The number of ether oxygens (including phenoxy) is 3. The molecule has 136 valence electrons. The molecule has 0 aliphatic carbocycles. The summed E-state index contributed by atoms with van der Waals surface area (Å²) in [6.45, 7) is 4.32. The topological polar surface area (TPSA) is 73.9 Å². The van der Waals surface area contributed by atoms with Crippen molar-refractivity contribution in [3.8, 4) is 17.2 Å². The first-order valence-corrected chi connectivity index (χ1v) is 9.33. The van der Waals surface area contributed by atoms with Crippen molar-refractivity contribution in [2.24, 2.45) is 0 Å². The fraction of sp³-hybridized carbons (Fsp3) is 0.333. The summed E-state index contributed by atoms with van der Waals surface area (Å²) in [6, 6.07) is 10.1. The van der Waals surface area contributed by atoms with Gasteiger partial charge in [-0.2, -0.15) is 0 Å². The molecule has 0 aromatic heterocycles. The minimum atomic E-state index is -3.62. The largest absolute Gasteiger partial charge is 0.496 e. The molecule has 25 heavy (non-hydrogen) atoms. The molecule has 0 saturated carbocycles. The van der Waals surface area contributed by atoms with Crippen LogP contribution in [-0.2, 0) is 16.6 Å². The number of nitrogens with one attached hydrogen (secondary N) is 1. The Kier molecular flexibility index (Phi) is 6.27. The van der Waals surface area contributed by atoms with Gasteiger partial charge in [-0.15, -0.1) is 0 Å². The Hall–Kier alpha value is -2.25. The van der Waals surface area contributed by atoms with Gasteiger partial charge in [0.2, 0.25) is 10.0 Å².